The lowest BCUT2D eigenvalue weighted by Crippen LogP contribution is -2.41. The molecule has 0 saturated heterocycles. The highest BCUT2D eigenvalue weighted by Gasteiger charge is 2.23. The highest BCUT2D eigenvalue weighted by Crippen LogP contribution is 2.22. The standard InChI is InChI=1S/C13H21N3O4S/c1-9(2)6-11(8-14)15-21(19,20)13-7-12(16(17)18)5-4-10(13)3/h4-5,7,9,11,15H,6,8,14H2,1-3H3. The van der Waals surface area contributed by atoms with Crippen LogP contribution in [0.5, 0.6) is 0 Å². The fraction of sp³-hybridized carbons (Fsp3) is 0.538. The Labute approximate surface area is 124 Å². The van der Waals surface area contributed by atoms with Crippen LogP contribution in [-0.2, 0) is 10.0 Å². The molecule has 7 nitrogen and oxygen atoms in total. The third kappa shape index (κ3) is 4.76. The molecule has 0 spiro atoms. The molecule has 0 radical (unpaired) electrons. The van der Waals surface area contributed by atoms with E-state index in [-0.39, 0.29) is 23.0 Å². The number of rotatable bonds is 7. The maximum absolute atomic E-state index is 12.4. The van der Waals surface area contributed by atoms with Crippen molar-refractivity contribution in [2.45, 2.75) is 38.1 Å². The molecule has 1 unspecified atom stereocenters. The molecule has 0 aromatic heterocycles. The largest absolute Gasteiger partial charge is 0.329 e. The van der Waals surface area contributed by atoms with Crippen molar-refractivity contribution in [2.24, 2.45) is 11.7 Å². The smallest absolute Gasteiger partial charge is 0.270 e. The Kier molecular flexibility index (Phi) is 5.82. The zero-order chi connectivity index (χ0) is 16.2. The zero-order valence-corrected chi connectivity index (χ0v) is 13.2. The van der Waals surface area contributed by atoms with Gasteiger partial charge in [-0.25, -0.2) is 13.1 Å². The van der Waals surface area contributed by atoms with Crippen LogP contribution in [0.3, 0.4) is 0 Å². The van der Waals surface area contributed by atoms with E-state index in [1.54, 1.807) is 6.92 Å². The van der Waals surface area contributed by atoms with E-state index < -0.39 is 21.0 Å². The SMILES string of the molecule is Cc1ccc([N+](=O)[O-])cc1S(=O)(=O)NC(CN)CC(C)C. The monoisotopic (exact) mass is 315 g/mol. The van der Waals surface area contributed by atoms with E-state index in [4.69, 9.17) is 5.73 Å². The number of hydrogen-bond donors (Lipinski definition) is 2. The minimum atomic E-state index is -3.84. The Hall–Kier alpha value is -1.51. The van der Waals surface area contributed by atoms with Gasteiger partial charge >= 0.3 is 0 Å². The molecular formula is C13H21N3O4S. The van der Waals surface area contributed by atoms with E-state index in [0.29, 0.717) is 12.0 Å². The van der Waals surface area contributed by atoms with Crippen LogP contribution in [-0.4, -0.2) is 25.9 Å². The first kappa shape index (κ1) is 17.5. The predicted octanol–water partition coefficient (Wildman–Crippen LogP) is 1.55. The number of nitro groups is 1. The maximum atomic E-state index is 12.4. The fourth-order valence-electron chi connectivity index (χ4n) is 2.04. The van der Waals surface area contributed by atoms with Crippen LogP contribution in [0.1, 0.15) is 25.8 Å². The van der Waals surface area contributed by atoms with Gasteiger partial charge in [0.25, 0.3) is 5.69 Å². The normalized spacial score (nSPS) is 13.4. The Bertz CT molecular complexity index is 614. The van der Waals surface area contributed by atoms with Crippen LogP contribution in [0.2, 0.25) is 0 Å². The average molecular weight is 315 g/mol. The second-order valence-electron chi connectivity index (χ2n) is 5.39. The molecule has 8 heteroatoms. The molecule has 0 fully saturated rings. The number of non-ortho nitro benzene ring substituents is 1. The number of nitro benzene ring substituents is 1. The van der Waals surface area contributed by atoms with Gasteiger partial charge in [-0.3, -0.25) is 10.1 Å². The number of nitrogens with one attached hydrogen (secondary N) is 1. The summed E-state index contributed by atoms with van der Waals surface area (Å²) in [5.41, 5.74) is 5.78. The van der Waals surface area contributed by atoms with E-state index in [1.807, 2.05) is 13.8 Å². The van der Waals surface area contributed by atoms with Gasteiger partial charge in [-0.05, 0) is 24.8 Å². The molecule has 0 bridgehead atoms. The minimum absolute atomic E-state index is 0.0843. The number of sulfonamides is 1. The molecule has 0 aliphatic heterocycles. The van der Waals surface area contributed by atoms with Crippen LogP contribution < -0.4 is 10.5 Å². The van der Waals surface area contributed by atoms with E-state index >= 15 is 0 Å². The molecule has 1 aromatic rings. The molecule has 1 rings (SSSR count). The number of nitrogens with two attached hydrogens (primary N) is 1. The summed E-state index contributed by atoms with van der Waals surface area (Å²) in [6.07, 6.45) is 0.601. The van der Waals surface area contributed by atoms with Crippen LogP contribution in [0.4, 0.5) is 5.69 Å². The first-order valence-electron chi connectivity index (χ1n) is 6.64. The molecule has 0 aliphatic carbocycles. The third-order valence-corrected chi connectivity index (χ3v) is 4.70. The summed E-state index contributed by atoms with van der Waals surface area (Å²) < 4.78 is 27.3. The molecule has 0 heterocycles. The summed E-state index contributed by atoms with van der Waals surface area (Å²) in [6, 6.07) is 3.38. The van der Waals surface area contributed by atoms with Gasteiger partial charge in [0.05, 0.1) is 9.82 Å². The van der Waals surface area contributed by atoms with Gasteiger partial charge in [0.2, 0.25) is 10.0 Å². The molecule has 21 heavy (non-hydrogen) atoms. The molecule has 0 amide bonds. The van der Waals surface area contributed by atoms with Crippen molar-refractivity contribution in [3.05, 3.63) is 33.9 Å². The van der Waals surface area contributed by atoms with Crippen LogP contribution in [0.15, 0.2) is 23.1 Å². The van der Waals surface area contributed by atoms with E-state index in [9.17, 15) is 18.5 Å². The average Bonchev–Trinajstić information content (AvgIpc) is 2.36. The Morgan fingerprint density at radius 1 is 1.38 bits per heavy atom. The van der Waals surface area contributed by atoms with Gasteiger partial charge in [0, 0.05) is 24.7 Å². The third-order valence-electron chi connectivity index (χ3n) is 3.03. The highest BCUT2D eigenvalue weighted by atomic mass is 32.2. The molecular weight excluding hydrogens is 294 g/mol. The number of hydrogen-bond acceptors (Lipinski definition) is 5. The van der Waals surface area contributed by atoms with Gasteiger partial charge in [0.15, 0.2) is 0 Å². The number of aryl methyl sites for hydroxylation is 1. The fourth-order valence-corrected chi connectivity index (χ4v) is 3.56. The summed E-state index contributed by atoms with van der Waals surface area (Å²) in [4.78, 5) is 10.1. The topological polar surface area (TPSA) is 115 Å². The first-order valence-corrected chi connectivity index (χ1v) is 8.13. The second-order valence-corrected chi connectivity index (χ2v) is 7.07. The molecule has 1 atom stereocenters. The van der Waals surface area contributed by atoms with Crippen LogP contribution in [0.25, 0.3) is 0 Å². The van der Waals surface area contributed by atoms with Crippen molar-refractivity contribution >= 4 is 15.7 Å². The Balaban J connectivity index is 3.12. The first-order chi connectivity index (χ1) is 9.67. The Morgan fingerprint density at radius 3 is 2.48 bits per heavy atom. The number of nitrogens with zero attached hydrogens (tertiary/aromatic N) is 1. The quantitative estimate of drug-likeness (QED) is 0.585. The van der Waals surface area contributed by atoms with Crippen molar-refractivity contribution in [3.8, 4) is 0 Å². The van der Waals surface area contributed by atoms with E-state index in [2.05, 4.69) is 4.72 Å². The molecule has 118 valence electrons. The number of benzene rings is 1. The van der Waals surface area contributed by atoms with Crippen molar-refractivity contribution in [3.63, 3.8) is 0 Å². The van der Waals surface area contributed by atoms with E-state index in [0.717, 1.165) is 6.07 Å². The lowest BCUT2D eigenvalue weighted by Gasteiger charge is -2.19. The van der Waals surface area contributed by atoms with Gasteiger partial charge in [-0.1, -0.05) is 19.9 Å². The maximum Gasteiger partial charge on any atom is 0.270 e. The summed E-state index contributed by atoms with van der Waals surface area (Å²) in [6.45, 7) is 5.70. The van der Waals surface area contributed by atoms with Gasteiger partial charge in [-0.2, -0.15) is 0 Å². The predicted molar refractivity (Wildman–Crippen MR) is 80.5 cm³/mol. The molecule has 0 saturated carbocycles. The lowest BCUT2D eigenvalue weighted by atomic mass is 10.1. The minimum Gasteiger partial charge on any atom is -0.329 e. The molecule has 1 aromatic carbocycles. The lowest BCUT2D eigenvalue weighted by molar-refractivity contribution is -0.385. The molecule has 0 aliphatic rings. The van der Waals surface area contributed by atoms with Gasteiger partial charge in [-0.15, -0.1) is 0 Å². The van der Waals surface area contributed by atoms with Crippen LogP contribution in [0, 0.1) is 23.0 Å². The van der Waals surface area contributed by atoms with Crippen molar-refractivity contribution in [1.82, 2.24) is 4.72 Å². The summed E-state index contributed by atoms with van der Waals surface area (Å²) in [7, 11) is -3.84. The summed E-state index contributed by atoms with van der Waals surface area (Å²) >= 11 is 0. The van der Waals surface area contributed by atoms with Gasteiger partial charge in [0.1, 0.15) is 0 Å². The second kappa shape index (κ2) is 6.97. The van der Waals surface area contributed by atoms with E-state index in [1.165, 1.54) is 12.1 Å². The van der Waals surface area contributed by atoms with Crippen LogP contribution >= 0.6 is 0 Å². The Morgan fingerprint density at radius 2 is 2.00 bits per heavy atom. The van der Waals surface area contributed by atoms with Gasteiger partial charge < -0.3 is 5.73 Å². The molecule has 3 N–H and O–H groups in total. The van der Waals surface area contributed by atoms with Crippen molar-refractivity contribution < 1.29 is 13.3 Å². The highest BCUT2D eigenvalue weighted by molar-refractivity contribution is 7.89. The summed E-state index contributed by atoms with van der Waals surface area (Å²) in [5, 5.41) is 10.8. The van der Waals surface area contributed by atoms with Crippen molar-refractivity contribution in [1.29, 1.82) is 0 Å². The van der Waals surface area contributed by atoms with Crippen molar-refractivity contribution in [2.75, 3.05) is 6.54 Å². The summed E-state index contributed by atoms with van der Waals surface area (Å²) in [5.74, 6) is 0.285. The zero-order valence-electron chi connectivity index (χ0n) is 12.4.